The van der Waals surface area contributed by atoms with Crippen molar-refractivity contribution in [2.45, 2.75) is 25.9 Å². The number of piperazine rings is 1. The molecule has 1 fully saturated rings. The number of halogens is 2. The Hall–Kier alpha value is -0.0900. The molecular weight excluding hydrogens is 312 g/mol. The first kappa shape index (κ1) is 14.3. The van der Waals surface area contributed by atoms with E-state index in [4.69, 9.17) is 11.6 Å². The average molecular weight is 332 g/mol. The highest BCUT2D eigenvalue weighted by atomic mass is 79.9. The Morgan fingerprint density at radius 3 is 2.83 bits per heavy atom. The van der Waals surface area contributed by atoms with E-state index < -0.39 is 0 Å². The molecule has 1 atom stereocenters. The normalized spacial score (nSPS) is 22.3. The Balaban J connectivity index is 2.01. The molecule has 2 nitrogen and oxygen atoms in total. The van der Waals surface area contributed by atoms with E-state index in [9.17, 15) is 0 Å². The van der Waals surface area contributed by atoms with Crippen molar-refractivity contribution < 1.29 is 0 Å². The van der Waals surface area contributed by atoms with Crippen LogP contribution in [0.1, 0.15) is 18.9 Å². The standard InChI is InChI=1S/C14H20BrClN2/c1-3-13-10-18(7-6-17(13)2)9-11-4-5-12(15)8-14(11)16/h4-5,8,13H,3,6-7,9-10H2,1-2H3. The van der Waals surface area contributed by atoms with Crippen molar-refractivity contribution in [2.24, 2.45) is 0 Å². The van der Waals surface area contributed by atoms with Gasteiger partial charge in [-0.3, -0.25) is 4.90 Å². The van der Waals surface area contributed by atoms with E-state index in [1.165, 1.54) is 12.0 Å². The van der Waals surface area contributed by atoms with Crippen molar-refractivity contribution in [1.29, 1.82) is 0 Å². The third-order valence-electron chi connectivity index (χ3n) is 3.74. The molecule has 0 aromatic heterocycles. The molecule has 0 amide bonds. The summed E-state index contributed by atoms with van der Waals surface area (Å²) in [6.45, 7) is 6.62. The van der Waals surface area contributed by atoms with Crippen LogP contribution >= 0.6 is 27.5 Å². The van der Waals surface area contributed by atoms with Gasteiger partial charge in [0.25, 0.3) is 0 Å². The van der Waals surface area contributed by atoms with Gasteiger partial charge in [0.15, 0.2) is 0 Å². The van der Waals surface area contributed by atoms with Crippen LogP contribution in [0, 0.1) is 0 Å². The average Bonchev–Trinajstić information content (AvgIpc) is 2.35. The van der Waals surface area contributed by atoms with Crippen molar-refractivity contribution in [3.63, 3.8) is 0 Å². The second-order valence-corrected chi connectivity index (χ2v) is 6.34. The fourth-order valence-corrected chi connectivity index (χ4v) is 3.22. The molecule has 0 radical (unpaired) electrons. The first-order chi connectivity index (χ1) is 8.60. The molecule has 2 rings (SSSR count). The number of likely N-dealkylation sites (N-methyl/N-ethyl adjacent to an activating group) is 1. The number of nitrogens with zero attached hydrogens (tertiary/aromatic N) is 2. The molecule has 0 N–H and O–H groups in total. The van der Waals surface area contributed by atoms with Gasteiger partial charge in [-0.2, -0.15) is 0 Å². The lowest BCUT2D eigenvalue weighted by Crippen LogP contribution is -2.50. The summed E-state index contributed by atoms with van der Waals surface area (Å²) in [6, 6.07) is 6.83. The molecule has 18 heavy (non-hydrogen) atoms. The lowest BCUT2D eigenvalue weighted by Gasteiger charge is -2.39. The highest BCUT2D eigenvalue weighted by Gasteiger charge is 2.23. The van der Waals surface area contributed by atoms with Crippen molar-refractivity contribution in [2.75, 3.05) is 26.7 Å². The van der Waals surface area contributed by atoms with Gasteiger partial charge in [0, 0.05) is 41.7 Å². The first-order valence-corrected chi connectivity index (χ1v) is 7.63. The minimum atomic E-state index is 0.674. The van der Waals surface area contributed by atoms with Crippen LogP contribution in [-0.4, -0.2) is 42.5 Å². The van der Waals surface area contributed by atoms with Gasteiger partial charge in [0.05, 0.1) is 0 Å². The monoisotopic (exact) mass is 330 g/mol. The highest BCUT2D eigenvalue weighted by molar-refractivity contribution is 9.10. The number of hydrogen-bond acceptors (Lipinski definition) is 2. The molecule has 1 aromatic rings. The number of rotatable bonds is 3. The van der Waals surface area contributed by atoms with Crippen LogP contribution in [0.15, 0.2) is 22.7 Å². The zero-order valence-electron chi connectivity index (χ0n) is 11.0. The molecule has 1 aromatic carbocycles. The number of hydrogen-bond donors (Lipinski definition) is 0. The summed E-state index contributed by atoms with van der Waals surface area (Å²) < 4.78 is 1.04. The highest BCUT2D eigenvalue weighted by Crippen LogP contribution is 2.23. The summed E-state index contributed by atoms with van der Waals surface area (Å²) in [6.07, 6.45) is 1.21. The maximum atomic E-state index is 6.28. The van der Waals surface area contributed by atoms with Gasteiger partial charge >= 0.3 is 0 Å². The van der Waals surface area contributed by atoms with E-state index in [1.54, 1.807) is 0 Å². The quantitative estimate of drug-likeness (QED) is 0.834. The van der Waals surface area contributed by atoms with Gasteiger partial charge in [-0.15, -0.1) is 0 Å². The van der Waals surface area contributed by atoms with Crippen LogP contribution < -0.4 is 0 Å². The zero-order chi connectivity index (χ0) is 13.1. The fraction of sp³-hybridized carbons (Fsp3) is 0.571. The van der Waals surface area contributed by atoms with E-state index in [1.807, 2.05) is 6.07 Å². The Morgan fingerprint density at radius 2 is 2.17 bits per heavy atom. The summed E-state index contributed by atoms with van der Waals surface area (Å²) in [5.41, 5.74) is 1.22. The van der Waals surface area contributed by atoms with Crippen LogP contribution in [0.5, 0.6) is 0 Å². The van der Waals surface area contributed by atoms with E-state index in [2.05, 4.69) is 51.8 Å². The summed E-state index contributed by atoms with van der Waals surface area (Å²) in [5, 5.41) is 0.858. The minimum absolute atomic E-state index is 0.674. The molecule has 100 valence electrons. The molecule has 0 bridgehead atoms. The summed E-state index contributed by atoms with van der Waals surface area (Å²) in [7, 11) is 2.22. The SMILES string of the molecule is CCC1CN(Cc2ccc(Br)cc2Cl)CCN1C. The summed E-state index contributed by atoms with van der Waals surface area (Å²) >= 11 is 9.73. The van der Waals surface area contributed by atoms with Crippen LogP contribution in [0.25, 0.3) is 0 Å². The van der Waals surface area contributed by atoms with Crippen LogP contribution in [0.2, 0.25) is 5.02 Å². The van der Waals surface area contributed by atoms with Crippen LogP contribution in [0.4, 0.5) is 0 Å². The molecule has 1 heterocycles. The van der Waals surface area contributed by atoms with Crippen LogP contribution in [-0.2, 0) is 6.54 Å². The fourth-order valence-electron chi connectivity index (χ4n) is 2.49. The van der Waals surface area contributed by atoms with Gasteiger partial charge in [0.2, 0.25) is 0 Å². The Labute approximate surface area is 123 Å². The molecule has 0 spiro atoms. The molecule has 1 aliphatic rings. The van der Waals surface area contributed by atoms with E-state index in [0.717, 1.165) is 35.7 Å². The van der Waals surface area contributed by atoms with Crippen molar-refractivity contribution >= 4 is 27.5 Å². The van der Waals surface area contributed by atoms with E-state index in [0.29, 0.717) is 6.04 Å². The molecule has 0 aliphatic carbocycles. The zero-order valence-corrected chi connectivity index (χ0v) is 13.3. The second kappa shape index (κ2) is 6.38. The van der Waals surface area contributed by atoms with Crippen molar-refractivity contribution in [3.8, 4) is 0 Å². The predicted molar refractivity (Wildman–Crippen MR) is 81.1 cm³/mol. The van der Waals surface area contributed by atoms with Gasteiger partial charge in [-0.25, -0.2) is 0 Å². The third-order valence-corrected chi connectivity index (χ3v) is 4.59. The molecule has 1 unspecified atom stereocenters. The predicted octanol–water partition coefficient (Wildman–Crippen LogP) is 3.63. The van der Waals surface area contributed by atoms with E-state index >= 15 is 0 Å². The maximum Gasteiger partial charge on any atom is 0.0462 e. The lowest BCUT2D eigenvalue weighted by molar-refractivity contribution is 0.0884. The Bertz CT molecular complexity index is 411. The summed E-state index contributed by atoms with van der Waals surface area (Å²) in [4.78, 5) is 4.96. The summed E-state index contributed by atoms with van der Waals surface area (Å²) in [5.74, 6) is 0. The number of benzene rings is 1. The topological polar surface area (TPSA) is 6.48 Å². The van der Waals surface area contributed by atoms with Crippen LogP contribution in [0.3, 0.4) is 0 Å². The van der Waals surface area contributed by atoms with Gasteiger partial charge < -0.3 is 4.90 Å². The van der Waals surface area contributed by atoms with Crippen molar-refractivity contribution in [3.05, 3.63) is 33.3 Å². The van der Waals surface area contributed by atoms with Gasteiger partial charge in [-0.05, 0) is 31.2 Å². The Kier molecular flexibility index (Phi) is 5.07. The molecule has 4 heteroatoms. The van der Waals surface area contributed by atoms with Gasteiger partial charge in [0.1, 0.15) is 0 Å². The smallest absolute Gasteiger partial charge is 0.0462 e. The van der Waals surface area contributed by atoms with E-state index in [-0.39, 0.29) is 0 Å². The largest absolute Gasteiger partial charge is 0.301 e. The molecule has 0 saturated carbocycles. The lowest BCUT2D eigenvalue weighted by atomic mass is 10.1. The first-order valence-electron chi connectivity index (χ1n) is 6.46. The molecule has 1 aliphatic heterocycles. The third kappa shape index (κ3) is 3.47. The molecule has 1 saturated heterocycles. The Morgan fingerprint density at radius 1 is 1.39 bits per heavy atom. The maximum absolute atomic E-state index is 6.28. The second-order valence-electron chi connectivity index (χ2n) is 5.01. The minimum Gasteiger partial charge on any atom is -0.301 e. The van der Waals surface area contributed by atoms with Crippen molar-refractivity contribution in [1.82, 2.24) is 9.80 Å². The van der Waals surface area contributed by atoms with Gasteiger partial charge in [-0.1, -0.05) is 40.5 Å². The molecular formula is C14H20BrClN2.